The van der Waals surface area contributed by atoms with Crippen molar-refractivity contribution in [1.82, 2.24) is 4.90 Å². The van der Waals surface area contributed by atoms with Crippen molar-refractivity contribution in [2.24, 2.45) is 0 Å². The van der Waals surface area contributed by atoms with Gasteiger partial charge in [0.25, 0.3) is 0 Å². The molecule has 1 heterocycles. The number of nitrogens with zero attached hydrogens (tertiary/aromatic N) is 3. The fourth-order valence-corrected chi connectivity index (χ4v) is 3.07. The van der Waals surface area contributed by atoms with Gasteiger partial charge < -0.3 is 19.9 Å². The van der Waals surface area contributed by atoms with Crippen LogP contribution in [0.25, 0.3) is 0 Å². The first-order chi connectivity index (χ1) is 13.5. The van der Waals surface area contributed by atoms with Crippen LogP contribution in [-0.2, 0) is 4.79 Å². The van der Waals surface area contributed by atoms with Gasteiger partial charge in [-0.25, -0.2) is 4.79 Å². The Bertz CT molecular complexity index is 819. The van der Waals surface area contributed by atoms with Gasteiger partial charge in [0.2, 0.25) is 5.91 Å². The fourth-order valence-electron chi connectivity index (χ4n) is 3.07. The van der Waals surface area contributed by atoms with Crippen LogP contribution in [0.1, 0.15) is 6.92 Å². The van der Waals surface area contributed by atoms with Crippen molar-refractivity contribution < 1.29 is 14.3 Å². The summed E-state index contributed by atoms with van der Waals surface area (Å²) in [5.74, 6) is 0.564. The predicted molar refractivity (Wildman–Crippen MR) is 111 cm³/mol. The molecule has 7 heteroatoms. The summed E-state index contributed by atoms with van der Waals surface area (Å²) in [5.41, 5.74) is 2.57. The number of carbonyl (C=O) groups excluding carboxylic acids is 2. The van der Waals surface area contributed by atoms with Crippen LogP contribution in [0.4, 0.5) is 21.9 Å². The molecule has 1 N–H and O–H groups in total. The lowest BCUT2D eigenvalue weighted by atomic mass is 10.2. The summed E-state index contributed by atoms with van der Waals surface area (Å²) in [7, 11) is 3.92. The molecule has 2 aromatic carbocycles. The van der Waals surface area contributed by atoms with Crippen molar-refractivity contribution >= 4 is 29.0 Å². The van der Waals surface area contributed by atoms with Crippen molar-refractivity contribution in [2.75, 3.05) is 55.5 Å². The van der Waals surface area contributed by atoms with Crippen molar-refractivity contribution in [3.63, 3.8) is 0 Å². The van der Waals surface area contributed by atoms with Crippen LogP contribution in [0.5, 0.6) is 5.75 Å². The summed E-state index contributed by atoms with van der Waals surface area (Å²) < 4.78 is 5.43. The molecular weight excluding hydrogens is 356 g/mol. The summed E-state index contributed by atoms with van der Waals surface area (Å²) in [6.45, 7) is 3.62. The molecule has 0 bridgehead atoms. The minimum Gasteiger partial charge on any atom is -0.494 e. The van der Waals surface area contributed by atoms with E-state index >= 15 is 0 Å². The number of hydrogen-bond acceptors (Lipinski definition) is 4. The highest BCUT2D eigenvalue weighted by Gasteiger charge is 2.30. The molecule has 1 aliphatic heterocycles. The molecule has 2 aromatic rings. The maximum atomic E-state index is 12.7. The minimum atomic E-state index is -0.209. The molecule has 0 atom stereocenters. The smallest absolute Gasteiger partial charge is 0.325 e. The molecule has 0 spiro atoms. The monoisotopic (exact) mass is 382 g/mol. The number of benzene rings is 2. The number of urea groups is 1. The van der Waals surface area contributed by atoms with E-state index in [9.17, 15) is 9.59 Å². The van der Waals surface area contributed by atoms with E-state index in [4.69, 9.17) is 4.74 Å². The molecule has 0 saturated carbocycles. The van der Waals surface area contributed by atoms with Crippen molar-refractivity contribution in [1.29, 1.82) is 0 Å². The van der Waals surface area contributed by atoms with Crippen molar-refractivity contribution in [3.05, 3.63) is 48.5 Å². The summed E-state index contributed by atoms with van der Waals surface area (Å²) in [4.78, 5) is 30.2. The van der Waals surface area contributed by atoms with Crippen LogP contribution in [0.2, 0.25) is 0 Å². The first-order valence-corrected chi connectivity index (χ1v) is 9.34. The SMILES string of the molecule is CCOc1ccc(N2CCN(CC(=O)Nc3ccc(N(C)C)cc3)C2=O)cc1. The molecule has 1 fully saturated rings. The second kappa shape index (κ2) is 8.65. The maximum absolute atomic E-state index is 12.7. The van der Waals surface area contributed by atoms with Gasteiger partial charge in [-0.05, 0) is 55.5 Å². The van der Waals surface area contributed by atoms with Crippen LogP contribution in [0, 0.1) is 0 Å². The zero-order chi connectivity index (χ0) is 20.1. The highest BCUT2D eigenvalue weighted by Crippen LogP contribution is 2.23. The van der Waals surface area contributed by atoms with Crippen LogP contribution in [0.15, 0.2) is 48.5 Å². The van der Waals surface area contributed by atoms with E-state index in [2.05, 4.69) is 5.32 Å². The standard InChI is InChI=1S/C21H26N4O3/c1-4-28-19-11-9-18(10-12-19)25-14-13-24(21(25)27)15-20(26)22-16-5-7-17(8-6-16)23(2)3/h5-12H,4,13-15H2,1-3H3,(H,22,26). The number of ether oxygens (including phenoxy) is 1. The van der Waals surface area contributed by atoms with E-state index in [1.165, 1.54) is 0 Å². The molecular formula is C21H26N4O3. The van der Waals surface area contributed by atoms with Crippen molar-refractivity contribution in [2.45, 2.75) is 6.92 Å². The van der Waals surface area contributed by atoms with Crippen LogP contribution in [-0.4, -0.2) is 57.2 Å². The fraction of sp³-hybridized carbons (Fsp3) is 0.333. The molecule has 148 valence electrons. The Morgan fingerprint density at radius 2 is 1.75 bits per heavy atom. The first kappa shape index (κ1) is 19.5. The highest BCUT2D eigenvalue weighted by molar-refractivity contribution is 5.99. The van der Waals surface area contributed by atoms with E-state index in [1.807, 2.05) is 74.4 Å². The minimum absolute atomic E-state index is 0.0296. The Morgan fingerprint density at radius 1 is 1.07 bits per heavy atom. The Hall–Kier alpha value is -3.22. The van der Waals surface area contributed by atoms with Crippen LogP contribution >= 0.6 is 0 Å². The molecule has 28 heavy (non-hydrogen) atoms. The predicted octanol–water partition coefficient (Wildman–Crippen LogP) is 3.03. The van der Waals surface area contributed by atoms with Crippen LogP contribution < -0.4 is 19.9 Å². The van der Waals surface area contributed by atoms with E-state index < -0.39 is 0 Å². The topological polar surface area (TPSA) is 65.1 Å². The molecule has 0 radical (unpaired) electrons. The normalized spacial score (nSPS) is 13.6. The third-order valence-electron chi connectivity index (χ3n) is 4.56. The molecule has 3 amide bonds. The first-order valence-electron chi connectivity index (χ1n) is 9.34. The van der Waals surface area contributed by atoms with Gasteiger partial charge in [-0.3, -0.25) is 9.69 Å². The zero-order valence-electron chi connectivity index (χ0n) is 16.5. The molecule has 1 aliphatic rings. The molecule has 3 rings (SSSR count). The van der Waals surface area contributed by atoms with Gasteiger partial charge in [0.1, 0.15) is 12.3 Å². The van der Waals surface area contributed by atoms with Gasteiger partial charge in [-0.2, -0.15) is 0 Å². The lowest BCUT2D eigenvalue weighted by Gasteiger charge is -2.19. The largest absolute Gasteiger partial charge is 0.494 e. The maximum Gasteiger partial charge on any atom is 0.325 e. The van der Waals surface area contributed by atoms with Gasteiger partial charge >= 0.3 is 6.03 Å². The Kier molecular flexibility index (Phi) is 6.03. The Labute approximate surface area is 165 Å². The summed E-state index contributed by atoms with van der Waals surface area (Å²) in [6, 6.07) is 14.8. The number of anilines is 3. The van der Waals surface area contributed by atoms with Gasteiger partial charge in [0.15, 0.2) is 0 Å². The number of carbonyl (C=O) groups is 2. The molecule has 0 aliphatic carbocycles. The lowest BCUT2D eigenvalue weighted by molar-refractivity contribution is -0.116. The average Bonchev–Trinajstić information content (AvgIpc) is 3.03. The number of nitrogens with one attached hydrogen (secondary N) is 1. The van der Waals surface area contributed by atoms with Gasteiger partial charge in [0.05, 0.1) is 6.61 Å². The van der Waals surface area contributed by atoms with Crippen LogP contribution in [0.3, 0.4) is 0 Å². The number of rotatable bonds is 7. The third kappa shape index (κ3) is 4.54. The Balaban J connectivity index is 1.56. The molecule has 0 unspecified atom stereocenters. The Morgan fingerprint density at radius 3 is 2.36 bits per heavy atom. The average molecular weight is 382 g/mol. The van der Waals surface area contributed by atoms with Gasteiger partial charge in [-0.15, -0.1) is 0 Å². The number of hydrogen-bond donors (Lipinski definition) is 1. The lowest BCUT2D eigenvalue weighted by Crippen LogP contribution is -2.37. The van der Waals surface area contributed by atoms with E-state index in [1.54, 1.807) is 9.80 Å². The second-order valence-corrected chi connectivity index (χ2v) is 6.77. The van der Waals surface area contributed by atoms with E-state index in [0.717, 1.165) is 17.1 Å². The number of amides is 3. The second-order valence-electron chi connectivity index (χ2n) is 6.77. The van der Waals surface area contributed by atoms with Gasteiger partial charge in [0, 0.05) is 44.2 Å². The van der Waals surface area contributed by atoms with E-state index in [0.29, 0.717) is 25.4 Å². The van der Waals surface area contributed by atoms with Crippen molar-refractivity contribution in [3.8, 4) is 5.75 Å². The van der Waals surface area contributed by atoms with E-state index in [-0.39, 0.29) is 18.5 Å². The molecule has 0 aromatic heterocycles. The summed E-state index contributed by atoms with van der Waals surface area (Å²) in [5, 5.41) is 2.85. The summed E-state index contributed by atoms with van der Waals surface area (Å²) >= 11 is 0. The summed E-state index contributed by atoms with van der Waals surface area (Å²) in [6.07, 6.45) is 0. The molecule has 7 nitrogen and oxygen atoms in total. The van der Waals surface area contributed by atoms with Gasteiger partial charge in [-0.1, -0.05) is 0 Å². The zero-order valence-corrected chi connectivity index (χ0v) is 16.5. The third-order valence-corrected chi connectivity index (χ3v) is 4.56. The quantitative estimate of drug-likeness (QED) is 0.799. The highest BCUT2D eigenvalue weighted by atomic mass is 16.5. The molecule has 1 saturated heterocycles.